The number of nitrogens with zero attached hydrogens (tertiary/aromatic N) is 3. The number of fused-ring (bicyclic) bond motifs is 3. The number of benzene rings is 1. The maximum Gasteiger partial charge on any atom is 0.151 e. The predicted molar refractivity (Wildman–Crippen MR) is 103 cm³/mol. The Balaban J connectivity index is 1.60. The van der Waals surface area contributed by atoms with E-state index in [1.807, 2.05) is 36.4 Å². The topological polar surface area (TPSA) is 59.9 Å². The van der Waals surface area contributed by atoms with Gasteiger partial charge in [-0.15, -0.1) is 11.3 Å². The summed E-state index contributed by atoms with van der Waals surface area (Å²) in [5.41, 5.74) is 1.90. The van der Waals surface area contributed by atoms with Gasteiger partial charge in [-0.05, 0) is 42.8 Å². The van der Waals surface area contributed by atoms with Crippen molar-refractivity contribution in [2.75, 3.05) is 11.9 Å². The highest BCUT2D eigenvalue weighted by atomic mass is 32.1. The first-order chi connectivity index (χ1) is 12.3. The third-order valence-electron chi connectivity index (χ3n) is 3.91. The largest absolute Gasteiger partial charge is 0.494 e. The van der Waals surface area contributed by atoms with Crippen LogP contribution in [0.25, 0.3) is 20.4 Å². The van der Waals surface area contributed by atoms with Gasteiger partial charge >= 0.3 is 0 Å². The van der Waals surface area contributed by atoms with Gasteiger partial charge in [-0.2, -0.15) is 0 Å². The number of pyridine rings is 1. The second-order valence-corrected chi connectivity index (χ2v) is 6.71. The fraction of sp³-hybridized carbons (Fsp3) is 0.211. The maximum atomic E-state index is 5.70. The smallest absolute Gasteiger partial charge is 0.151 e. The number of thiophene rings is 1. The van der Waals surface area contributed by atoms with Crippen LogP contribution in [0, 0.1) is 0 Å². The molecule has 0 fully saturated rings. The van der Waals surface area contributed by atoms with Crippen molar-refractivity contribution in [1.29, 1.82) is 0 Å². The number of aromatic nitrogens is 3. The van der Waals surface area contributed by atoms with E-state index in [1.54, 1.807) is 23.9 Å². The number of nitrogens with one attached hydrogen (secondary N) is 1. The van der Waals surface area contributed by atoms with E-state index in [0.29, 0.717) is 0 Å². The minimum atomic E-state index is 0.755. The molecule has 3 heterocycles. The summed E-state index contributed by atoms with van der Waals surface area (Å²) in [5, 5.41) is 4.44. The van der Waals surface area contributed by atoms with E-state index in [1.165, 1.54) is 0 Å². The molecule has 0 atom stereocenters. The maximum absolute atomic E-state index is 5.70. The van der Waals surface area contributed by atoms with Gasteiger partial charge in [0.1, 0.15) is 16.9 Å². The fourth-order valence-corrected chi connectivity index (χ4v) is 3.65. The zero-order valence-corrected chi connectivity index (χ0v) is 14.7. The molecule has 0 amide bonds. The summed E-state index contributed by atoms with van der Waals surface area (Å²) >= 11 is 1.60. The zero-order valence-electron chi connectivity index (χ0n) is 13.9. The molecule has 3 aromatic heterocycles. The van der Waals surface area contributed by atoms with Gasteiger partial charge in [-0.1, -0.05) is 13.3 Å². The number of hydrogen-bond acceptors (Lipinski definition) is 6. The van der Waals surface area contributed by atoms with Crippen LogP contribution >= 0.6 is 11.3 Å². The van der Waals surface area contributed by atoms with Crippen LogP contribution in [0.3, 0.4) is 0 Å². The molecule has 5 nitrogen and oxygen atoms in total. The Hall–Kier alpha value is -2.73. The van der Waals surface area contributed by atoms with Crippen LogP contribution in [0.2, 0.25) is 0 Å². The van der Waals surface area contributed by atoms with Crippen molar-refractivity contribution in [2.45, 2.75) is 19.8 Å². The molecule has 0 unspecified atom stereocenters. The Morgan fingerprint density at radius 1 is 1.08 bits per heavy atom. The van der Waals surface area contributed by atoms with E-state index >= 15 is 0 Å². The van der Waals surface area contributed by atoms with Gasteiger partial charge in [0.25, 0.3) is 0 Å². The highest BCUT2D eigenvalue weighted by Gasteiger charge is 2.11. The highest BCUT2D eigenvalue weighted by molar-refractivity contribution is 7.25. The Bertz CT molecular complexity index is 997. The van der Waals surface area contributed by atoms with Crippen LogP contribution < -0.4 is 10.1 Å². The van der Waals surface area contributed by atoms with Crippen LogP contribution in [-0.2, 0) is 0 Å². The first-order valence-electron chi connectivity index (χ1n) is 8.33. The third kappa shape index (κ3) is 3.25. The molecule has 1 aromatic carbocycles. The first-order valence-corrected chi connectivity index (χ1v) is 9.15. The molecule has 4 rings (SSSR count). The quantitative estimate of drug-likeness (QED) is 0.487. The van der Waals surface area contributed by atoms with Gasteiger partial charge in [-0.3, -0.25) is 0 Å². The Labute approximate surface area is 149 Å². The number of unbranched alkanes of at least 4 members (excludes halogenated alkanes) is 1. The van der Waals surface area contributed by atoms with Crippen molar-refractivity contribution in [3.63, 3.8) is 0 Å². The third-order valence-corrected chi connectivity index (χ3v) is 5.02. The van der Waals surface area contributed by atoms with Gasteiger partial charge in [-0.25, -0.2) is 15.0 Å². The lowest BCUT2D eigenvalue weighted by Gasteiger charge is -2.08. The first kappa shape index (κ1) is 15.8. The predicted octanol–water partition coefficient (Wildman–Crippen LogP) is 5.16. The SMILES string of the molecule is CCCCOc1ccc(Nc2ncnc3c2sc2ncccc23)cc1. The molecule has 0 bridgehead atoms. The number of hydrogen-bond donors (Lipinski definition) is 1. The Kier molecular flexibility index (Phi) is 4.43. The molecule has 0 saturated carbocycles. The van der Waals surface area contributed by atoms with Crippen molar-refractivity contribution in [1.82, 2.24) is 15.0 Å². The summed E-state index contributed by atoms with van der Waals surface area (Å²) in [7, 11) is 0. The molecule has 0 aliphatic carbocycles. The molecule has 4 aromatic rings. The number of ether oxygens (including phenoxy) is 1. The molecule has 6 heteroatoms. The summed E-state index contributed by atoms with van der Waals surface area (Å²) in [6, 6.07) is 11.9. The van der Waals surface area contributed by atoms with E-state index in [4.69, 9.17) is 4.74 Å². The van der Waals surface area contributed by atoms with E-state index in [-0.39, 0.29) is 0 Å². The lowest BCUT2D eigenvalue weighted by atomic mass is 10.3. The van der Waals surface area contributed by atoms with Gasteiger partial charge in [0.2, 0.25) is 0 Å². The normalized spacial score (nSPS) is 11.1. The summed E-state index contributed by atoms with van der Waals surface area (Å²) in [4.78, 5) is 14.2. The van der Waals surface area contributed by atoms with Crippen LogP contribution in [-0.4, -0.2) is 21.6 Å². The lowest BCUT2D eigenvalue weighted by Crippen LogP contribution is -1.97. The molecule has 0 aliphatic rings. The summed E-state index contributed by atoms with van der Waals surface area (Å²) in [6.45, 7) is 2.91. The molecule has 0 aliphatic heterocycles. The van der Waals surface area contributed by atoms with Crippen LogP contribution in [0.4, 0.5) is 11.5 Å². The lowest BCUT2D eigenvalue weighted by molar-refractivity contribution is 0.309. The number of rotatable bonds is 6. The van der Waals surface area contributed by atoms with Crippen LogP contribution in [0.15, 0.2) is 48.9 Å². The van der Waals surface area contributed by atoms with Crippen molar-refractivity contribution in [3.8, 4) is 5.75 Å². The Morgan fingerprint density at radius 2 is 1.96 bits per heavy atom. The average Bonchev–Trinajstić information content (AvgIpc) is 3.03. The fourth-order valence-electron chi connectivity index (χ4n) is 2.61. The van der Waals surface area contributed by atoms with Crippen molar-refractivity contribution >= 4 is 43.3 Å². The van der Waals surface area contributed by atoms with Gasteiger partial charge in [0.05, 0.1) is 16.8 Å². The summed E-state index contributed by atoms with van der Waals surface area (Å²) < 4.78 is 6.72. The van der Waals surface area contributed by atoms with Gasteiger partial charge in [0, 0.05) is 17.3 Å². The van der Waals surface area contributed by atoms with E-state index in [9.17, 15) is 0 Å². The minimum absolute atomic E-state index is 0.755. The molecular formula is C19H18N4OS. The van der Waals surface area contributed by atoms with Gasteiger partial charge < -0.3 is 10.1 Å². The number of anilines is 2. The van der Waals surface area contributed by atoms with Crippen molar-refractivity contribution < 1.29 is 4.74 Å². The van der Waals surface area contributed by atoms with Gasteiger partial charge in [0.15, 0.2) is 5.82 Å². The standard InChI is InChI=1S/C19H18N4OS/c1-2-3-11-24-14-8-6-13(7-9-14)23-18-17-16(21-12-22-18)15-5-4-10-20-19(15)25-17/h4-10,12H,2-3,11H2,1H3,(H,21,22,23). The Morgan fingerprint density at radius 3 is 2.80 bits per heavy atom. The van der Waals surface area contributed by atoms with Crippen LogP contribution in [0.1, 0.15) is 19.8 Å². The minimum Gasteiger partial charge on any atom is -0.494 e. The summed E-state index contributed by atoms with van der Waals surface area (Å²) in [6.07, 6.45) is 5.59. The van der Waals surface area contributed by atoms with E-state index in [2.05, 4.69) is 27.2 Å². The van der Waals surface area contributed by atoms with E-state index < -0.39 is 0 Å². The van der Waals surface area contributed by atoms with Crippen molar-refractivity contribution in [2.24, 2.45) is 0 Å². The monoisotopic (exact) mass is 350 g/mol. The van der Waals surface area contributed by atoms with Crippen LogP contribution in [0.5, 0.6) is 5.75 Å². The molecule has 0 spiro atoms. The zero-order chi connectivity index (χ0) is 17.1. The second kappa shape index (κ2) is 7.03. The molecule has 0 saturated heterocycles. The molecule has 126 valence electrons. The molecule has 0 radical (unpaired) electrons. The molecule has 1 N–H and O–H groups in total. The highest BCUT2D eigenvalue weighted by Crippen LogP contribution is 2.35. The molecular weight excluding hydrogens is 332 g/mol. The summed E-state index contributed by atoms with van der Waals surface area (Å²) in [5.74, 6) is 1.69. The molecule has 25 heavy (non-hydrogen) atoms. The van der Waals surface area contributed by atoms with Crippen molar-refractivity contribution in [3.05, 3.63) is 48.9 Å². The van der Waals surface area contributed by atoms with E-state index in [0.717, 1.165) is 57.1 Å². The average molecular weight is 350 g/mol. The second-order valence-electron chi connectivity index (χ2n) is 5.71.